The summed E-state index contributed by atoms with van der Waals surface area (Å²) in [5.74, 6) is -0.523. The average molecular weight is 277 g/mol. The highest BCUT2D eigenvalue weighted by molar-refractivity contribution is 6.05. The molecule has 8 nitrogen and oxygen atoms in total. The fourth-order valence-corrected chi connectivity index (χ4v) is 1.74. The van der Waals surface area contributed by atoms with Crippen LogP contribution in [0.15, 0.2) is 35.1 Å². The van der Waals surface area contributed by atoms with E-state index in [2.05, 4.69) is 15.0 Å². The molecule has 1 aliphatic rings. The summed E-state index contributed by atoms with van der Waals surface area (Å²) in [6.07, 6.45) is 1.20. The Bertz CT molecular complexity index is 636. The van der Waals surface area contributed by atoms with E-state index in [4.69, 9.17) is 4.74 Å². The number of carbonyl (C=O) groups is 1. The summed E-state index contributed by atoms with van der Waals surface area (Å²) in [4.78, 5) is 26.1. The van der Waals surface area contributed by atoms with Gasteiger partial charge in [-0.3, -0.25) is 10.1 Å². The lowest BCUT2D eigenvalue weighted by molar-refractivity contribution is -0.383. The van der Waals surface area contributed by atoms with Crippen molar-refractivity contribution >= 4 is 23.2 Å². The topological polar surface area (TPSA) is 103 Å². The number of para-hydroxylation sites is 1. The van der Waals surface area contributed by atoms with Gasteiger partial charge in [-0.2, -0.15) is 0 Å². The first kappa shape index (κ1) is 13.5. The maximum atomic E-state index is 11.6. The highest BCUT2D eigenvalue weighted by Gasteiger charge is 2.25. The summed E-state index contributed by atoms with van der Waals surface area (Å²) in [6.45, 7) is 0. The van der Waals surface area contributed by atoms with E-state index >= 15 is 0 Å². The number of ether oxygens (including phenoxy) is 2. The van der Waals surface area contributed by atoms with Crippen molar-refractivity contribution in [2.24, 2.45) is 4.99 Å². The molecule has 2 rings (SSSR count). The molecule has 0 fully saturated rings. The van der Waals surface area contributed by atoms with Crippen molar-refractivity contribution < 1.29 is 19.2 Å². The lowest BCUT2D eigenvalue weighted by Gasteiger charge is -2.11. The molecule has 0 radical (unpaired) electrons. The average Bonchev–Trinajstić information content (AvgIpc) is 2.64. The highest BCUT2D eigenvalue weighted by atomic mass is 16.6. The molecule has 0 spiro atoms. The zero-order valence-electron chi connectivity index (χ0n) is 10.7. The molecular formula is C12H11N3O5. The number of nitro benzene ring substituents is 1. The molecule has 0 unspecified atom stereocenters. The van der Waals surface area contributed by atoms with Gasteiger partial charge in [0.25, 0.3) is 5.69 Å². The minimum atomic E-state index is -0.685. The first-order valence-electron chi connectivity index (χ1n) is 5.53. The van der Waals surface area contributed by atoms with Gasteiger partial charge in [-0.05, 0) is 6.07 Å². The van der Waals surface area contributed by atoms with Crippen molar-refractivity contribution in [3.8, 4) is 0 Å². The van der Waals surface area contributed by atoms with E-state index < -0.39 is 10.9 Å². The molecule has 0 saturated carbocycles. The van der Waals surface area contributed by atoms with Gasteiger partial charge in [-0.1, -0.05) is 6.07 Å². The number of hydrogen-bond donors (Lipinski definition) is 1. The first-order valence-corrected chi connectivity index (χ1v) is 5.53. The van der Waals surface area contributed by atoms with Crippen LogP contribution in [0.1, 0.15) is 5.56 Å². The first-order chi connectivity index (χ1) is 9.58. The normalized spacial score (nSPS) is 13.1. The number of hydrogen-bond acceptors (Lipinski definition) is 7. The van der Waals surface area contributed by atoms with Crippen LogP contribution in [0, 0.1) is 10.1 Å². The van der Waals surface area contributed by atoms with Gasteiger partial charge in [0.05, 0.1) is 30.9 Å². The van der Waals surface area contributed by atoms with Crippen molar-refractivity contribution in [3.63, 3.8) is 0 Å². The van der Waals surface area contributed by atoms with Crippen LogP contribution in [0.5, 0.6) is 0 Å². The maximum Gasteiger partial charge on any atom is 0.356 e. The van der Waals surface area contributed by atoms with Gasteiger partial charge in [0.2, 0.25) is 5.90 Å². The summed E-state index contributed by atoms with van der Waals surface area (Å²) in [6, 6.07) is 4.43. The predicted molar refractivity (Wildman–Crippen MR) is 70.4 cm³/mol. The number of esters is 1. The van der Waals surface area contributed by atoms with Crippen LogP contribution >= 0.6 is 0 Å². The van der Waals surface area contributed by atoms with Crippen LogP contribution in [0.3, 0.4) is 0 Å². The third kappa shape index (κ3) is 2.30. The number of nitrogens with zero attached hydrogens (tertiary/aromatic N) is 2. The molecule has 20 heavy (non-hydrogen) atoms. The van der Waals surface area contributed by atoms with Crippen LogP contribution in [-0.4, -0.2) is 31.0 Å². The minimum Gasteiger partial charge on any atom is -0.481 e. The summed E-state index contributed by atoms with van der Waals surface area (Å²) >= 11 is 0. The molecule has 0 amide bonds. The molecule has 0 atom stereocenters. The van der Waals surface area contributed by atoms with Crippen molar-refractivity contribution in [1.29, 1.82) is 0 Å². The lowest BCUT2D eigenvalue weighted by atomic mass is 10.1. The molecule has 1 N–H and O–H groups in total. The van der Waals surface area contributed by atoms with Crippen molar-refractivity contribution in [3.05, 3.63) is 45.8 Å². The van der Waals surface area contributed by atoms with Gasteiger partial charge in [0, 0.05) is 6.07 Å². The number of methoxy groups -OCH3 is 2. The molecule has 0 aliphatic carbocycles. The Labute approximate surface area is 113 Å². The zero-order chi connectivity index (χ0) is 14.7. The van der Waals surface area contributed by atoms with E-state index in [-0.39, 0.29) is 23.0 Å². The van der Waals surface area contributed by atoms with Crippen LogP contribution in [0.4, 0.5) is 11.4 Å². The molecule has 1 heterocycles. The third-order valence-electron chi connectivity index (χ3n) is 2.64. The lowest BCUT2D eigenvalue weighted by Crippen LogP contribution is -2.14. The van der Waals surface area contributed by atoms with E-state index in [9.17, 15) is 14.9 Å². The van der Waals surface area contributed by atoms with Gasteiger partial charge in [0.1, 0.15) is 11.4 Å². The second-order valence-corrected chi connectivity index (χ2v) is 3.75. The molecule has 0 bridgehead atoms. The highest BCUT2D eigenvalue weighted by Crippen LogP contribution is 2.31. The second kappa shape index (κ2) is 5.39. The Kier molecular flexibility index (Phi) is 3.65. The van der Waals surface area contributed by atoms with Crippen LogP contribution in [0.2, 0.25) is 0 Å². The number of aliphatic imine (C=N–C) groups is 1. The Morgan fingerprint density at radius 2 is 2.15 bits per heavy atom. The molecule has 0 aromatic heterocycles. The quantitative estimate of drug-likeness (QED) is 0.498. The number of rotatable bonds is 2. The summed E-state index contributed by atoms with van der Waals surface area (Å²) < 4.78 is 9.66. The van der Waals surface area contributed by atoms with Crippen molar-refractivity contribution in [2.75, 3.05) is 19.5 Å². The molecular weight excluding hydrogens is 266 g/mol. The number of fused-ring (bicyclic) bond motifs is 1. The Balaban J connectivity index is 2.62. The third-order valence-corrected chi connectivity index (χ3v) is 2.64. The molecule has 104 valence electrons. The van der Waals surface area contributed by atoms with E-state index in [1.807, 2.05) is 0 Å². The van der Waals surface area contributed by atoms with Crippen molar-refractivity contribution in [2.45, 2.75) is 0 Å². The van der Waals surface area contributed by atoms with Gasteiger partial charge in [0.15, 0.2) is 0 Å². The Morgan fingerprint density at radius 3 is 2.75 bits per heavy atom. The van der Waals surface area contributed by atoms with E-state index in [0.717, 1.165) is 0 Å². The molecule has 8 heteroatoms. The van der Waals surface area contributed by atoms with Crippen molar-refractivity contribution in [1.82, 2.24) is 0 Å². The zero-order valence-corrected chi connectivity index (χ0v) is 10.7. The SMILES string of the molecule is COC(=O)C1=CN=C(OC)c2cccc([N+](=O)[O-])c2N1. The number of anilines is 1. The van der Waals surface area contributed by atoms with Gasteiger partial charge in [-0.15, -0.1) is 0 Å². The smallest absolute Gasteiger partial charge is 0.356 e. The Morgan fingerprint density at radius 1 is 1.40 bits per heavy atom. The van der Waals surface area contributed by atoms with E-state index in [1.165, 1.54) is 32.6 Å². The van der Waals surface area contributed by atoms with Crippen LogP contribution in [-0.2, 0) is 14.3 Å². The van der Waals surface area contributed by atoms with E-state index in [0.29, 0.717) is 5.56 Å². The number of benzene rings is 1. The van der Waals surface area contributed by atoms with E-state index in [1.54, 1.807) is 6.07 Å². The monoisotopic (exact) mass is 277 g/mol. The van der Waals surface area contributed by atoms with Gasteiger partial charge >= 0.3 is 5.97 Å². The fraction of sp³-hybridized carbons (Fsp3) is 0.167. The van der Waals surface area contributed by atoms with Gasteiger partial charge < -0.3 is 14.8 Å². The second-order valence-electron chi connectivity index (χ2n) is 3.75. The summed E-state index contributed by atoms with van der Waals surface area (Å²) in [5.41, 5.74) is 0.308. The fourth-order valence-electron chi connectivity index (χ4n) is 1.74. The maximum absolute atomic E-state index is 11.6. The molecule has 1 aromatic rings. The van der Waals surface area contributed by atoms with Crippen LogP contribution < -0.4 is 5.32 Å². The minimum absolute atomic E-state index is 0.0184. The molecule has 1 aromatic carbocycles. The number of nitrogens with one attached hydrogen (secondary N) is 1. The molecule has 1 aliphatic heterocycles. The predicted octanol–water partition coefficient (Wildman–Crippen LogP) is 1.43. The summed E-state index contributed by atoms with van der Waals surface area (Å²) in [5, 5.41) is 13.8. The van der Waals surface area contributed by atoms with Crippen LogP contribution in [0.25, 0.3) is 0 Å². The standard InChI is InChI=1S/C12H11N3O5/c1-19-11-7-4-3-5-9(15(17)18)10(7)14-8(6-13-11)12(16)20-2/h3-6,14H,1-2H3. The summed E-state index contributed by atoms with van der Waals surface area (Å²) in [7, 11) is 2.59. The Hall–Kier alpha value is -2.90. The molecule has 0 saturated heterocycles. The largest absolute Gasteiger partial charge is 0.481 e. The number of nitro groups is 1. The number of carbonyl (C=O) groups excluding carboxylic acids is 1. The van der Waals surface area contributed by atoms with Gasteiger partial charge in [-0.25, -0.2) is 9.79 Å².